The predicted octanol–water partition coefficient (Wildman–Crippen LogP) is 2.37. The molecular formula is C13H14N4O3. The van der Waals surface area contributed by atoms with Gasteiger partial charge in [-0.05, 0) is 18.9 Å². The van der Waals surface area contributed by atoms with Crippen LogP contribution in [0.25, 0.3) is 11.5 Å². The number of hydrogen-bond donors (Lipinski definition) is 1. The van der Waals surface area contributed by atoms with Gasteiger partial charge in [-0.1, -0.05) is 30.1 Å². The van der Waals surface area contributed by atoms with Gasteiger partial charge in [0.2, 0.25) is 0 Å². The average Bonchev–Trinajstić information content (AvgIpc) is 3.08. The Morgan fingerprint density at radius 3 is 2.70 bits per heavy atom. The molecule has 1 aliphatic carbocycles. The van der Waals surface area contributed by atoms with E-state index in [-0.39, 0.29) is 11.6 Å². The Balaban J connectivity index is 2.00. The maximum absolute atomic E-state index is 11.0. The summed E-state index contributed by atoms with van der Waals surface area (Å²) in [4.78, 5) is 14.8. The Morgan fingerprint density at radius 1 is 1.30 bits per heavy atom. The van der Waals surface area contributed by atoms with Gasteiger partial charge in [0.1, 0.15) is 5.56 Å². The van der Waals surface area contributed by atoms with Crippen LogP contribution in [0.2, 0.25) is 0 Å². The third-order valence-corrected chi connectivity index (χ3v) is 3.70. The molecule has 0 spiro atoms. The fraction of sp³-hybridized carbons (Fsp3) is 0.385. The average molecular weight is 274 g/mol. The van der Waals surface area contributed by atoms with Crippen molar-refractivity contribution < 1.29 is 9.45 Å². The van der Waals surface area contributed by atoms with Crippen LogP contribution in [0, 0.1) is 10.1 Å². The Kier molecular flexibility index (Phi) is 2.98. The van der Waals surface area contributed by atoms with Crippen molar-refractivity contribution in [3.8, 4) is 11.5 Å². The SMILES string of the molecule is NC1(c2noc(-c3ccccc3[N+](=O)[O-])n2)CCCC1. The van der Waals surface area contributed by atoms with E-state index in [1.807, 2.05) is 0 Å². The summed E-state index contributed by atoms with van der Waals surface area (Å²) in [6, 6.07) is 6.29. The lowest BCUT2D eigenvalue weighted by atomic mass is 9.98. The zero-order chi connectivity index (χ0) is 14.2. The minimum Gasteiger partial charge on any atom is -0.334 e. The summed E-state index contributed by atoms with van der Waals surface area (Å²) in [5.41, 5.74) is 5.95. The lowest BCUT2D eigenvalue weighted by Gasteiger charge is -2.17. The highest BCUT2D eigenvalue weighted by molar-refractivity contribution is 5.66. The Morgan fingerprint density at radius 2 is 2.00 bits per heavy atom. The summed E-state index contributed by atoms with van der Waals surface area (Å²) < 4.78 is 5.17. The van der Waals surface area contributed by atoms with Crippen molar-refractivity contribution in [3.63, 3.8) is 0 Å². The molecule has 1 aromatic carbocycles. The lowest BCUT2D eigenvalue weighted by molar-refractivity contribution is -0.384. The molecule has 1 aromatic heterocycles. The van der Waals surface area contributed by atoms with Crippen LogP contribution in [-0.2, 0) is 5.54 Å². The highest BCUT2D eigenvalue weighted by Crippen LogP contribution is 2.36. The van der Waals surface area contributed by atoms with Crippen molar-refractivity contribution in [3.05, 3.63) is 40.2 Å². The molecule has 1 saturated carbocycles. The van der Waals surface area contributed by atoms with Crippen LogP contribution in [0.1, 0.15) is 31.5 Å². The molecule has 1 heterocycles. The number of rotatable bonds is 3. The highest BCUT2D eigenvalue weighted by atomic mass is 16.6. The molecule has 0 amide bonds. The van der Waals surface area contributed by atoms with E-state index in [1.165, 1.54) is 6.07 Å². The molecule has 7 nitrogen and oxygen atoms in total. The fourth-order valence-electron chi connectivity index (χ4n) is 2.58. The van der Waals surface area contributed by atoms with Crippen LogP contribution < -0.4 is 5.73 Å². The molecule has 3 rings (SSSR count). The minimum atomic E-state index is -0.564. The topological polar surface area (TPSA) is 108 Å². The van der Waals surface area contributed by atoms with Crippen molar-refractivity contribution in [1.29, 1.82) is 0 Å². The van der Waals surface area contributed by atoms with E-state index < -0.39 is 10.5 Å². The first-order chi connectivity index (χ1) is 9.60. The van der Waals surface area contributed by atoms with Crippen LogP contribution in [0.15, 0.2) is 28.8 Å². The predicted molar refractivity (Wildman–Crippen MR) is 70.7 cm³/mol. The first-order valence-electron chi connectivity index (χ1n) is 6.47. The molecule has 1 aliphatic rings. The van der Waals surface area contributed by atoms with E-state index in [0.29, 0.717) is 11.4 Å². The van der Waals surface area contributed by atoms with Gasteiger partial charge in [0.05, 0.1) is 10.5 Å². The summed E-state index contributed by atoms with van der Waals surface area (Å²) in [5.74, 6) is 0.576. The third kappa shape index (κ3) is 2.05. The molecule has 0 bridgehead atoms. The van der Waals surface area contributed by atoms with Crippen LogP contribution in [-0.4, -0.2) is 15.1 Å². The second kappa shape index (κ2) is 4.68. The van der Waals surface area contributed by atoms with Gasteiger partial charge >= 0.3 is 0 Å². The summed E-state index contributed by atoms with van der Waals surface area (Å²) in [6.45, 7) is 0. The van der Waals surface area contributed by atoms with Crippen molar-refractivity contribution in [2.45, 2.75) is 31.2 Å². The van der Waals surface area contributed by atoms with E-state index in [0.717, 1.165) is 25.7 Å². The molecule has 0 unspecified atom stereocenters. The molecule has 0 atom stereocenters. The van der Waals surface area contributed by atoms with E-state index in [4.69, 9.17) is 10.3 Å². The molecule has 2 aromatic rings. The Hall–Kier alpha value is -2.28. The van der Waals surface area contributed by atoms with E-state index in [2.05, 4.69) is 10.1 Å². The standard InChI is InChI=1S/C13H14N4O3/c14-13(7-3-4-8-13)12-15-11(20-16-12)9-5-1-2-6-10(9)17(18)19/h1-2,5-6H,3-4,7-8,14H2. The van der Waals surface area contributed by atoms with Crippen LogP contribution in [0.3, 0.4) is 0 Å². The summed E-state index contributed by atoms with van der Waals surface area (Å²) in [6.07, 6.45) is 3.68. The highest BCUT2D eigenvalue weighted by Gasteiger charge is 2.36. The zero-order valence-corrected chi connectivity index (χ0v) is 10.8. The van der Waals surface area contributed by atoms with Crippen LogP contribution >= 0.6 is 0 Å². The van der Waals surface area contributed by atoms with E-state index in [1.54, 1.807) is 18.2 Å². The molecule has 7 heteroatoms. The third-order valence-electron chi connectivity index (χ3n) is 3.70. The minimum absolute atomic E-state index is 0.0554. The number of benzene rings is 1. The number of para-hydroxylation sites is 1. The van der Waals surface area contributed by atoms with E-state index in [9.17, 15) is 10.1 Å². The summed E-state index contributed by atoms with van der Waals surface area (Å²) >= 11 is 0. The number of nitro benzene ring substituents is 1. The fourth-order valence-corrected chi connectivity index (χ4v) is 2.58. The number of hydrogen-bond acceptors (Lipinski definition) is 6. The monoisotopic (exact) mass is 274 g/mol. The molecule has 20 heavy (non-hydrogen) atoms. The number of nitrogens with zero attached hydrogens (tertiary/aromatic N) is 3. The van der Waals surface area contributed by atoms with Crippen LogP contribution in [0.4, 0.5) is 5.69 Å². The smallest absolute Gasteiger partial charge is 0.282 e. The second-order valence-corrected chi connectivity index (χ2v) is 5.06. The molecular weight excluding hydrogens is 260 g/mol. The van der Waals surface area contributed by atoms with Gasteiger partial charge in [0.15, 0.2) is 5.82 Å². The summed E-state index contributed by atoms with van der Waals surface area (Å²) in [7, 11) is 0. The first-order valence-corrected chi connectivity index (χ1v) is 6.47. The quantitative estimate of drug-likeness (QED) is 0.679. The Labute approximate surface area is 114 Å². The van der Waals surface area contributed by atoms with Gasteiger partial charge in [-0.3, -0.25) is 10.1 Å². The first kappa shape index (κ1) is 12.7. The lowest BCUT2D eigenvalue weighted by Crippen LogP contribution is -2.34. The molecule has 0 aliphatic heterocycles. The second-order valence-electron chi connectivity index (χ2n) is 5.06. The van der Waals surface area contributed by atoms with Crippen molar-refractivity contribution in [1.82, 2.24) is 10.1 Å². The molecule has 2 N–H and O–H groups in total. The van der Waals surface area contributed by atoms with Gasteiger partial charge in [-0.25, -0.2) is 0 Å². The zero-order valence-electron chi connectivity index (χ0n) is 10.8. The normalized spacial score (nSPS) is 17.2. The van der Waals surface area contributed by atoms with E-state index >= 15 is 0 Å². The van der Waals surface area contributed by atoms with Crippen molar-refractivity contribution in [2.75, 3.05) is 0 Å². The Bertz CT molecular complexity index is 647. The number of nitrogens with two attached hydrogens (primary N) is 1. The molecule has 0 saturated heterocycles. The van der Waals surface area contributed by atoms with Crippen molar-refractivity contribution in [2.24, 2.45) is 5.73 Å². The largest absolute Gasteiger partial charge is 0.334 e. The van der Waals surface area contributed by atoms with Gasteiger partial charge in [0, 0.05) is 6.07 Å². The molecule has 1 fully saturated rings. The number of aromatic nitrogens is 2. The van der Waals surface area contributed by atoms with Gasteiger partial charge in [-0.2, -0.15) is 4.98 Å². The van der Waals surface area contributed by atoms with Gasteiger partial charge in [-0.15, -0.1) is 0 Å². The summed E-state index contributed by atoms with van der Waals surface area (Å²) in [5, 5.41) is 14.9. The maximum Gasteiger partial charge on any atom is 0.282 e. The number of nitro groups is 1. The maximum atomic E-state index is 11.0. The van der Waals surface area contributed by atoms with Gasteiger partial charge in [0.25, 0.3) is 11.6 Å². The van der Waals surface area contributed by atoms with Gasteiger partial charge < -0.3 is 10.3 Å². The van der Waals surface area contributed by atoms with Crippen LogP contribution in [0.5, 0.6) is 0 Å². The van der Waals surface area contributed by atoms with Crippen molar-refractivity contribution >= 4 is 5.69 Å². The molecule has 104 valence electrons. The molecule has 0 radical (unpaired) electrons.